The summed E-state index contributed by atoms with van der Waals surface area (Å²) >= 11 is 0. The Kier molecular flexibility index (Phi) is 5.42. The summed E-state index contributed by atoms with van der Waals surface area (Å²) in [6.45, 7) is 4.07. The molecule has 0 unspecified atom stereocenters. The first kappa shape index (κ1) is 16.7. The van der Waals surface area contributed by atoms with Crippen molar-refractivity contribution in [1.29, 1.82) is 5.26 Å². The predicted molar refractivity (Wildman–Crippen MR) is 97.2 cm³/mol. The number of piperazine rings is 1. The first-order valence-electron chi connectivity index (χ1n) is 8.27. The number of hydrogen-bond donors (Lipinski definition) is 1. The van der Waals surface area contributed by atoms with E-state index >= 15 is 0 Å². The Hall–Kier alpha value is -3.14. The minimum absolute atomic E-state index is 0.643. The van der Waals surface area contributed by atoms with E-state index in [0.29, 0.717) is 12.1 Å². The lowest BCUT2D eigenvalue weighted by Crippen LogP contribution is -2.52. The van der Waals surface area contributed by atoms with Crippen LogP contribution in [0.25, 0.3) is 0 Å². The van der Waals surface area contributed by atoms with Gasteiger partial charge < -0.3 is 15.1 Å². The number of aromatic nitrogens is 2. The van der Waals surface area contributed by atoms with Gasteiger partial charge in [-0.1, -0.05) is 12.1 Å². The molecule has 1 aliphatic heterocycles. The zero-order valence-corrected chi connectivity index (χ0v) is 14.3. The average Bonchev–Trinajstić information content (AvgIpc) is 2.70. The summed E-state index contributed by atoms with van der Waals surface area (Å²) in [6.07, 6.45) is 3.54. The van der Waals surface area contributed by atoms with Gasteiger partial charge in [0.25, 0.3) is 0 Å². The molecular weight excluding hydrogens is 314 g/mol. The second kappa shape index (κ2) is 8.11. The molecule has 0 bridgehead atoms. The molecular formula is C18H21N7. The predicted octanol–water partition coefficient (Wildman–Crippen LogP) is 1.25. The van der Waals surface area contributed by atoms with Gasteiger partial charge in [0.15, 0.2) is 5.96 Å². The minimum Gasteiger partial charge on any atom is -0.352 e. The number of aliphatic imine (C=N–C) groups is 1. The Morgan fingerprint density at radius 1 is 1.20 bits per heavy atom. The first-order valence-corrected chi connectivity index (χ1v) is 8.27. The number of anilines is 1. The van der Waals surface area contributed by atoms with Gasteiger partial charge in [-0.05, 0) is 23.8 Å². The number of benzene rings is 1. The Morgan fingerprint density at radius 3 is 2.64 bits per heavy atom. The summed E-state index contributed by atoms with van der Waals surface area (Å²) in [6, 6.07) is 11.6. The molecule has 0 amide bonds. The highest BCUT2D eigenvalue weighted by atomic mass is 15.4. The monoisotopic (exact) mass is 335 g/mol. The van der Waals surface area contributed by atoms with E-state index in [-0.39, 0.29) is 0 Å². The molecule has 7 nitrogen and oxygen atoms in total. The molecule has 128 valence electrons. The van der Waals surface area contributed by atoms with Crippen LogP contribution in [0.4, 0.5) is 5.95 Å². The van der Waals surface area contributed by atoms with Crippen molar-refractivity contribution in [2.45, 2.75) is 6.54 Å². The van der Waals surface area contributed by atoms with E-state index < -0.39 is 0 Å². The summed E-state index contributed by atoms with van der Waals surface area (Å²) in [5.41, 5.74) is 1.74. The van der Waals surface area contributed by atoms with Crippen LogP contribution in [0, 0.1) is 11.3 Å². The third kappa shape index (κ3) is 4.23. The number of hydrogen-bond acceptors (Lipinski definition) is 5. The molecule has 0 radical (unpaired) electrons. The Bertz CT molecular complexity index is 758. The van der Waals surface area contributed by atoms with Crippen LogP contribution >= 0.6 is 0 Å². The quantitative estimate of drug-likeness (QED) is 0.672. The fraction of sp³-hybridized carbons (Fsp3) is 0.333. The standard InChI is InChI=1S/C18H21N7/c1-20-17(23-14-16-5-2-4-15(12-16)13-19)24-8-10-25(11-9-24)18-21-6-3-7-22-18/h2-7,12H,8-11,14H2,1H3,(H,20,23). The van der Waals surface area contributed by atoms with Crippen molar-refractivity contribution in [2.24, 2.45) is 4.99 Å². The van der Waals surface area contributed by atoms with E-state index in [9.17, 15) is 0 Å². The maximum atomic E-state index is 8.99. The highest BCUT2D eigenvalue weighted by molar-refractivity contribution is 5.80. The number of nitrogens with one attached hydrogen (secondary N) is 1. The molecule has 1 aliphatic rings. The summed E-state index contributed by atoms with van der Waals surface area (Å²) < 4.78 is 0. The number of nitriles is 1. The summed E-state index contributed by atoms with van der Waals surface area (Å²) in [5.74, 6) is 1.65. The average molecular weight is 335 g/mol. The first-order chi connectivity index (χ1) is 12.3. The molecule has 0 atom stereocenters. The molecule has 2 heterocycles. The fourth-order valence-corrected chi connectivity index (χ4v) is 2.84. The van der Waals surface area contributed by atoms with Gasteiger partial charge in [-0.3, -0.25) is 4.99 Å². The normalized spacial score (nSPS) is 15.0. The smallest absolute Gasteiger partial charge is 0.225 e. The summed E-state index contributed by atoms with van der Waals surface area (Å²) in [7, 11) is 1.79. The van der Waals surface area contributed by atoms with Gasteiger partial charge in [-0.25, -0.2) is 9.97 Å². The number of rotatable bonds is 3. The lowest BCUT2D eigenvalue weighted by molar-refractivity contribution is 0.370. The van der Waals surface area contributed by atoms with E-state index in [0.717, 1.165) is 43.7 Å². The van der Waals surface area contributed by atoms with Crippen LogP contribution in [0.2, 0.25) is 0 Å². The topological polar surface area (TPSA) is 80.4 Å². The van der Waals surface area contributed by atoms with Crippen LogP contribution in [-0.4, -0.2) is 54.1 Å². The Morgan fingerprint density at radius 2 is 1.96 bits per heavy atom. The van der Waals surface area contributed by atoms with Crippen LogP contribution in [0.1, 0.15) is 11.1 Å². The molecule has 0 saturated carbocycles. The Labute approximate surface area is 147 Å². The molecule has 7 heteroatoms. The van der Waals surface area contributed by atoms with Gasteiger partial charge in [0.1, 0.15) is 0 Å². The van der Waals surface area contributed by atoms with E-state index in [2.05, 4.69) is 36.1 Å². The molecule has 2 aromatic rings. The second-order valence-corrected chi connectivity index (χ2v) is 5.74. The van der Waals surface area contributed by atoms with Gasteiger partial charge in [0, 0.05) is 52.2 Å². The van der Waals surface area contributed by atoms with E-state index in [1.807, 2.05) is 30.3 Å². The van der Waals surface area contributed by atoms with Crippen LogP contribution < -0.4 is 10.2 Å². The molecule has 0 aliphatic carbocycles. The third-order valence-electron chi connectivity index (χ3n) is 4.13. The van der Waals surface area contributed by atoms with Crippen molar-refractivity contribution in [3.8, 4) is 6.07 Å². The van der Waals surface area contributed by atoms with Gasteiger partial charge >= 0.3 is 0 Å². The largest absolute Gasteiger partial charge is 0.352 e. The van der Waals surface area contributed by atoms with Crippen molar-refractivity contribution < 1.29 is 0 Å². The van der Waals surface area contributed by atoms with Crippen molar-refractivity contribution in [2.75, 3.05) is 38.1 Å². The SMILES string of the molecule is CN=C(NCc1cccc(C#N)c1)N1CCN(c2ncccn2)CC1. The maximum Gasteiger partial charge on any atom is 0.225 e. The van der Waals surface area contributed by atoms with E-state index in [1.54, 1.807) is 19.4 Å². The maximum absolute atomic E-state index is 8.99. The molecule has 1 aromatic carbocycles. The highest BCUT2D eigenvalue weighted by Crippen LogP contribution is 2.10. The van der Waals surface area contributed by atoms with Crippen molar-refractivity contribution in [3.63, 3.8) is 0 Å². The molecule has 1 saturated heterocycles. The highest BCUT2D eigenvalue weighted by Gasteiger charge is 2.20. The zero-order chi connectivity index (χ0) is 17.5. The summed E-state index contributed by atoms with van der Waals surface area (Å²) in [5, 5.41) is 12.4. The Balaban J connectivity index is 1.55. The molecule has 0 spiro atoms. The van der Waals surface area contributed by atoms with Crippen LogP contribution in [0.15, 0.2) is 47.7 Å². The van der Waals surface area contributed by atoms with Crippen molar-refractivity contribution >= 4 is 11.9 Å². The fourth-order valence-electron chi connectivity index (χ4n) is 2.84. The molecule has 1 fully saturated rings. The van der Waals surface area contributed by atoms with Crippen molar-refractivity contribution in [3.05, 3.63) is 53.9 Å². The van der Waals surface area contributed by atoms with Gasteiger partial charge in [-0.15, -0.1) is 0 Å². The van der Waals surface area contributed by atoms with Crippen LogP contribution in [0.3, 0.4) is 0 Å². The number of guanidine groups is 1. The van der Waals surface area contributed by atoms with E-state index in [4.69, 9.17) is 5.26 Å². The van der Waals surface area contributed by atoms with Gasteiger partial charge in [0.2, 0.25) is 5.95 Å². The van der Waals surface area contributed by atoms with E-state index in [1.165, 1.54) is 0 Å². The third-order valence-corrected chi connectivity index (χ3v) is 4.13. The molecule has 25 heavy (non-hydrogen) atoms. The molecule has 1 aromatic heterocycles. The molecule has 1 N–H and O–H groups in total. The van der Waals surface area contributed by atoms with Gasteiger partial charge in [0.05, 0.1) is 11.6 Å². The van der Waals surface area contributed by atoms with Crippen molar-refractivity contribution in [1.82, 2.24) is 20.2 Å². The lowest BCUT2D eigenvalue weighted by Gasteiger charge is -2.36. The second-order valence-electron chi connectivity index (χ2n) is 5.74. The lowest BCUT2D eigenvalue weighted by atomic mass is 10.1. The van der Waals surface area contributed by atoms with Crippen LogP contribution in [0.5, 0.6) is 0 Å². The van der Waals surface area contributed by atoms with Gasteiger partial charge in [-0.2, -0.15) is 5.26 Å². The number of nitrogens with zero attached hydrogens (tertiary/aromatic N) is 6. The zero-order valence-electron chi connectivity index (χ0n) is 14.3. The van der Waals surface area contributed by atoms with Crippen LogP contribution in [-0.2, 0) is 6.54 Å². The summed E-state index contributed by atoms with van der Waals surface area (Å²) in [4.78, 5) is 17.4. The molecule has 3 rings (SSSR count). The minimum atomic E-state index is 0.643.